The summed E-state index contributed by atoms with van der Waals surface area (Å²) < 4.78 is 14.4. The lowest BCUT2D eigenvalue weighted by molar-refractivity contribution is 0.618. The van der Waals surface area contributed by atoms with Crippen molar-refractivity contribution in [3.8, 4) is 0 Å². The highest BCUT2D eigenvalue weighted by Gasteiger charge is 2.01. The van der Waals surface area contributed by atoms with E-state index < -0.39 is 0 Å². The van der Waals surface area contributed by atoms with E-state index in [2.05, 4.69) is 22.6 Å². The fourth-order valence-corrected chi connectivity index (χ4v) is 1.67. The van der Waals surface area contributed by atoms with Gasteiger partial charge in [-0.1, -0.05) is 0 Å². The number of hydrogen-bond acceptors (Lipinski definition) is 0. The Kier molecular flexibility index (Phi) is 2.91. The highest BCUT2D eigenvalue weighted by atomic mass is 127. The van der Waals surface area contributed by atoms with E-state index in [1.54, 1.807) is 6.07 Å². The molecule has 10 heavy (non-hydrogen) atoms. The Labute approximate surface area is 86.5 Å². The van der Waals surface area contributed by atoms with Crippen molar-refractivity contribution in [1.82, 2.24) is 0 Å². The van der Waals surface area contributed by atoms with Crippen LogP contribution >= 0.6 is 45.2 Å². The van der Waals surface area contributed by atoms with Crippen molar-refractivity contribution in [1.29, 1.82) is 0 Å². The molecule has 0 unspecified atom stereocenters. The van der Waals surface area contributed by atoms with Crippen LogP contribution in [0, 0.1) is 19.9 Å². The Balaban J connectivity index is 3.28. The predicted molar refractivity (Wildman–Crippen MR) is 56.6 cm³/mol. The maximum atomic E-state index is 12.7. The summed E-state index contributed by atoms with van der Waals surface area (Å²) >= 11 is 4.11. The van der Waals surface area contributed by atoms with Gasteiger partial charge in [0, 0.05) is 7.14 Å². The first kappa shape index (κ1) is 8.70. The van der Waals surface area contributed by atoms with E-state index in [0.29, 0.717) is 3.57 Å². The number of aryl methyl sites for hydroxylation is 1. The van der Waals surface area contributed by atoms with E-state index in [0.717, 1.165) is 9.13 Å². The average Bonchev–Trinajstić information content (AvgIpc) is 1.84. The van der Waals surface area contributed by atoms with Crippen molar-refractivity contribution < 1.29 is 4.39 Å². The fraction of sp³-hybridized carbons (Fsp3) is 0.143. The fourth-order valence-electron chi connectivity index (χ4n) is 0.622. The summed E-state index contributed by atoms with van der Waals surface area (Å²) in [6.45, 7) is 1.98. The lowest BCUT2D eigenvalue weighted by atomic mass is 10.2. The highest BCUT2D eigenvalue weighted by Crippen LogP contribution is 2.18. The van der Waals surface area contributed by atoms with Crippen molar-refractivity contribution in [3.63, 3.8) is 0 Å². The number of benzene rings is 1. The molecule has 0 spiro atoms. The molecule has 0 radical (unpaired) electrons. The molecule has 0 bridgehead atoms. The Bertz CT molecular complexity index is 208. The molecule has 1 aromatic carbocycles. The molecule has 0 nitrogen and oxygen atoms in total. The summed E-state index contributed by atoms with van der Waals surface area (Å²) in [6, 6.07) is 3.40. The summed E-state index contributed by atoms with van der Waals surface area (Å²) in [6.07, 6.45) is 0. The van der Waals surface area contributed by atoms with Gasteiger partial charge in [0.05, 0.1) is 0 Å². The molecule has 0 N–H and O–H groups in total. The maximum absolute atomic E-state index is 12.7. The first-order chi connectivity index (χ1) is 4.61. The van der Waals surface area contributed by atoms with Crippen LogP contribution in [0.25, 0.3) is 0 Å². The zero-order chi connectivity index (χ0) is 7.72. The predicted octanol–water partition coefficient (Wildman–Crippen LogP) is 3.34. The zero-order valence-corrected chi connectivity index (χ0v) is 9.60. The molecule has 54 valence electrons. The Morgan fingerprint density at radius 3 is 2.30 bits per heavy atom. The lowest BCUT2D eigenvalue weighted by Gasteiger charge is -1.98. The van der Waals surface area contributed by atoms with E-state index in [4.69, 9.17) is 0 Å². The van der Waals surface area contributed by atoms with Crippen LogP contribution in [-0.4, -0.2) is 0 Å². The molecule has 0 saturated carbocycles. The number of rotatable bonds is 0. The van der Waals surface area contributed by atoms with Gasteiger partial charge in [0.15, 0.2) is 0 Å². The second-order valence-corrected chi connectivity index (χ2v) is 4.34. The Hall–Kier alpha value is 0.610. The minimum absolute atomic E-state index is 0.129. The van der Waals surface area contributed by atoms with Crippen LogP contribution in [0.3, 0.4) is 0 Å². The van der Waals surface area contributed by atoms with Crippen molar-refractivity contribution in [2.24, 2.45) is 0 Å². The molecule has 3 heteroatoms. The van der Waals surface area contributed by atoms with Gasteiger partial charge >= 0.3 is 0 Å². The van der Waals surface area contributed by atoms with Crippen molar-refractivity contribution >= 4 is 45.2 Å². The second-order valence-electron chi connectivity index (χ2n) is 2.02. The summed E-state index contributed by atoms with van der Waals surface area (Å²) in [4.78, 5) is 0. The van der Waals surface area contributed by atoms with Gasteiger partial charge in [-0.15, -0.1) is 0 Å². The van der Waals surface area contributed by atoms with E-state index in [1.807, 2.05) is 35.6 Å². The molecule has 0 heterocycles. The maximum Gasteiger partial charge on any atom is 0.137 e. The average molecular weight is 362 g/mol. The van der Waals surface area contributed by atoms with Crippen LogP contribution in [-0.2, 0) is 0 Å². The van der Waals surface area contributed by atoms with Gasteiger partial charge in [0.2, 0.25) is 0 Å². The first-order valence-electron chi connectivity index (χ1n) is 2.72. The van der Waals surface area contributed by atoms with Crippen LogP contribution in [0.4, 0.5) is 4.39 Å². The second kappa shape index (κ2) is 3.34. The quantitative estimate of drug-likeness (QED) is 0.491. The van der Waals surface area contributed by atoms with Gasteiger partial charge in [-0.25, -0.2) is 4.39 Å². The molecule has 0 aromatic heterocycles. The standard InChI is InChI=1S/C7H5FI2/c1-4-2-7(10)5(8)3-6(4)9/h2-3H,1H3. The van der Waals surface area contributed by atoms with Crippen LogP contribution < -0.4 is 0 Å². The van der Waals surface area contributed by atoms with E-state index >= 15 is 0 Å². The molecule has 0 saturated heterocycles. The van der Waals surface area contributed by atoms with Crippen molar-refractivity contribution in [3.05, 3.63) is 30.7 Å². The highest BCUT2D eigenvalue weighted by molar-refractivity contribution is 14.1. The van der Waals surface area contributed by atoms with Gasteiger partial charge in [-0.05, 0) is 69.8 Å². The van der Waals surface area contributed by atoms with Crippen LogP contribution in [0.1, 0.15) is 5.56 Å². The van der Waals surface area contributed by atoms with Crippen LogP contribution in [0.15, 0.2) is 12.1 Å². The molecule has 0 aliphatic heterocycles. The summed E-state index contributed by atoms with van der Waals surface area (Å²) in [5, 5.41) is 0. The molecule has 0 aliphatic rings. The van der Waals surface area contributed by atoms with Crippen LogP contribution in [0.5, 0.6) is 0 Å². The number of hydrogen-bond donors (Lipinski definition) is 0. The zero-order valence-electron chi connectivity index (χ0n) is 5.29. The molecular weight excluding hydrogens is 357 g/mol. The molecule has 0 amide bonds. The van der Waals surface area contributed by atoms with Gasteiger partial charge in [-0.3, -0.25) is 0 Å². The van der Waals surface area contributed by atoms with Crippen molar-refractivity contribution in [2.75, 3.05) is 0 Å². The monoisotopic (exact) mass is 362 g/mol. The smallest absolute Gasteiger partial charge is 0.137 e. The van der Waals surface area contributed by atoms with Gasteiger partial charge in [0.1, 0.15) is 5.82 Å². The molecule has 1 aromatic rings. The van der Waals surface area contributed by atoms with Crippen molar-refractivity contribution in [2.45, 2.75) is 6.92 Å². The van der Waals surface area contributed by atoms with Gasteiger partial charge in [-0.2, -0.15) is 0 Å². The SMILES string of the molecule is Cc1cc(I)c(F)cc1I. The van der Waals surface area contributed by atoms with Crippen LogP contribution in [0.2, 0.25) is 0 Å². The summed E-state index contributed by atoms with van der Waals surface area (Å²) in [5.74, 6) is -0.129. The normalized spacial score (nSPS) is 10.0. The topological polar surface area (TPSA) is 0 Å². The van der Waals surface area contributed by atoms with E-state index in [-0.39, 0.29) is 5.82 Å². The Morgan fingerprint density at radius 1 is 1.20 bits per heavy atom. The minimum atomic E-state index is -0.129. The first-order valence-corrected chi connectivity index (χ1v) is 4.88. The van der Waals surface area contributed by atoms with Gasteiger partial charge < -0.3 is 0 Å². The molecule has 0 fully saturated rings. The third kappa shape index (κ3) is 1.81. The molecule has 0 aliphatic carbocycles. The number of halogens is 3. The minimum Gasteiger partial charge on any atom is -0.206 e. The molecular formula is C7H5FI2. The van der Waals surface area contributed by atoms with E-state index in [1.165, 1.54) is 0 Å². The third-order valence-corrected chi connectivity index (χ3v) is 3.19. The molecule has 1 rings (SSSR count). The summed E-state index contributed by atoms with van der Waals surface area (Å²) in [7, 11) is 0. The summed E-state index contributed by atoms with van der Waals surface area (Å²) in [5.41, 5.74) is 1.13. The van der Waals surface area contributed by atoms with Gasteiger partial charge in [0.25, 0.3) is 0 Å². The third-order valence-electron chi connectivity index (χ3n) is 1.20. The van der Waals surface area contributed by atoms with E-state index in [9.17, 15) is 4.39 Å². The molecule has 0 atom stereocenters. The Morgan fingerprint density at radius 2 is 1.80 bits per heavy atom. The largest absolute Gasteiger partial charge is 0.206 e. The lowest BCUT2D eigenvalue weighted by Crippen LogP contribution is -1.86.